The van der Waals surface area contributed by atoms with E-state index in [4.69, 9.17) is 11.6 Å². The first kappa shape index (κ1) is 5.70. The van der Waals surface area contributed by atoms with Gasteiger partial charge in [-0.2, -0.15) is 0 Å². The molecular weight excluding hydrogens is 122 g/mol. The maximum atomic E-state index is 5.71. The molecule has 2 heteroatoms. The van der Waals surface area contributed by atoms with E-state index in [0.29, 0.717) is 0 Å². The van der Waals surface area contributed by atoms with Crippen LogP contribution >= 0.6 is 11.6 Å². The molecule has 0 bridgehead atoms. The number of aromatic nitrogens is 1. The summed E-state index contributed by atoms with van der Waals surface area (Å²) in [4.78, 5) is 2.92. The van der Waals surface area contributed by atoms with E-state index in [0.717, 1.165) is 11.4 Å². The predicted octanol–water partition coefficient (Wildman–Crippen LogP) is 2.23. The quantitative estimate of drug-likeness (QED) is 0.599. The molecule has 0 aromatic carbocycles. The molecule has 0 unspecified atom stereocenters. The minimum Gasteiger partial charge on any atom is -0.366 e. The van der Waals surface area contributed by atoms with Crippen LogP contribution in [-0.2, 0) is 6.42 Å². The predicted molar refractivity (Wildman–Crippen MR) is 35.2 cm³/mol. The van der Waals surface area contributed by atoms with E-state index < -0.39 is 0 Å². The molecule has 8 heavy (non-hydrogen) atoms. The molecule has 1 heterocycles. The van der Waals surface area contributed by atoms with E-state index in [9.17, 15) is 0 Å². The van der Waals surface area contributed by atoms with Gasteiger partial charge in [0.2, 0.25) is 0 Å². The summed E-state index contributed by atoms with van der Waals surface area (Å²) in [5.41, 5.74) is 1.19. The van der Waals surface area contributed by atoms with Crippen molar-refractivity contribution in [2.45, 2.75) is 13.3 Å². The lowest BCUT2D eigenvalue weighted by molar-refractivity contribution is 1.14. The molecule has 0 amide bonds. The van der Waals surface area contributed by atoms with E-state index in [1.165, 1.54) is 5.56 Å². The maximum Gasteiger partial charge on any atom is 0.0612 e. The number of hydrogen-bond donors (Lipinski definition) is 1. The summed E-state index contributed by atoms with van der Waals surface area (Å²) in [5.74, 6) is 0. The Morgan fingerprint density at radius 2 is 2.38 bits per heavy atom. The third-order valence-corrected chi connectivity index (χ3v) is 1.51. The van der Waals surface area contributed by atoms with Gasteiger partial charge in [0, 0.05) is 12.4 Å². The second kappa shape index (κ2) is 2.23. The number of halogens is 1. The monoisotopic (exact) mass is 129 g/mol. The molecule has 1 aromatic rings. The van der Waals surface area contributed by atoms with Crippen LogP contribution in [0.2, 0.25) is 5.02 Å². The van der Waals surface area contributed by atoms with Crippen molar-refractivity contribution in [3.8, 4) is 0 Å². The molecule has 1 aromatic heterocycles. The van der Waals surface area contributed by atoms with Crippen LogP contribution in [0.15, 0.2) is 12.4 Å². The van der Waals surface area contributed by atoms with Gasteiger partial charge in [0.25, 0.3) is 0 Å². The van der Waals surface area contributed by atoms with Gasteiger partial charge in [-0.25, -0.2) is 0 Å². The summed E-state index contributed by atoms with van der Waals surface area (Å²) < 4.78 is 0. The maximum absolute atomic E-state index is 5.71. The summed E-state index contributed by atoms with van der Waals surface area (Å²) in [5, 5.41) is 0.840. The van der Waals surface area contributed by atoms with E-state index in [1.54, 1.807) is 6.20 Å². The number of hydrogen-bond acceptors (Lipinski definition) is 0. The first-order valence-electron chi connectivity index (χ1n) is 2.65. The van der Waals surface area contributed by atoms with Crippen LogP contribution in [0.3, 0.4) is 0 Å². The smallest absolute Gasteiger partial charge is 0.0612 e. The van der Waals surface area contributed by atoms with Crippen LogP contribution in [-0.4, -0.2) is 4.98 Å². The average Bonchev–Trinajstić information content (AvgIpc) is 2.14. The third kappa shape index (κ3) is 0.869. The molecule has 1 nitrogen and oxygen atoms in total. The van der Waals surface area contributed by atoms with Crippen molar-refractivity contribution in [2.24, 2.45) is 0 Å². The first-order valence-corrected chi connectivity index (χ1v) is 3.03. The van der Waals surface area contributed by atoms with Crippen LogP contribution in [0.1, 0.15) is 12.5 Å². The van der Waals surface area contributed by atoms with Gasteiger partial charge >= 0.3 is 0 Å². The fraction of sp³-hybridized carbons (Fsp3) is 0.333. The lowest BCUT2D eigenvalue weighted by Crippen LogP contribution is -1.71. The van der Waals surface area contributed by atoms with Crippen molar-refractivity contribution in [3.63, 3.8) is 0 Å². The van der Waals surface area contributed by atoms with Crippen molar-refractivity contribution >= 4 is 11.6 Å². The minimum atomic E-state index is 0.840. The fourth-order valence-electron chi connectivity index (χ4n) is 0.648. The summed E-state index contributed by atoms with van der Waals surface area (Å²) >= 11 is 5.71. The largest absolute Gasteiger partial charge is 0.366 e. The SMILES string of the molecule is CCc1c[nH]cc1Cl. The minimum absolute atomic E-state index is 0.840. The van der Waals surface area contributed by atoms with Crippen LogP contribution in [0.5, 0.6) is 0 Å². The zero-order chi connectivity index (χ0) is 5.98. The van der Waals surface area contributed by atoms with E-state index in [-0.39, 0.29) is 0 Å². The van der Waals surface area contributed by atoms with Crippen molar-refractivity contribution in [1.29, 1.82) is 0 Å². The molecule has 0 radical (unpaired) electrons. The normalized spacial score (nSPS) is 9.75. The van der Waals surface area contributed by atoms with Crippen LogP contribution in [0.25, 0.3) is 0 Å². The Morgan fingerprint density at radius 1 is 1.62 bits per heavy atom. The number of rotatable bonds is 1. The number of nitrogens with one attached hydrogen (secondary N) is 1. The Bertz CT molecular complexity index is 169. The highest BCUT2D eigenvalue weighted by atomic mass is 35.5. The van der Waals surface area contributed by atoms with Gasteiger partial charge in [-0.1, -0.05) is 18.5 Å². The van der Waals surface area contributed by atoms with Crippen molar-refractivity contribution in [3.05, 3.63) is 23.0 Å². The lowest BCUT2D eigenvalue weighted by Gasteiger charge is -1.85. The molecule has 0 aliphatic heterocycles. The highest BCUT2D eigenvalue weighted by Crippen LogP contribution is 2.13. The highest BCUT2D eigenvalue weighted by molar-refractivity contribution is 6.31. The van der Waals surface area contributed by atoms with Gasteiger partial charge in [0.1, 0.15) is 0 Å². The van der Waals surface area contributed by atoms with Crippen LogP contribution < -0.4 is 0 Å². The zero-order valence-corrected chi connectivity index (χ0v) is 5.50. The summed E-state index contributed by atoms with van der Waals surface area (Å²) in [7, 11) is 0. The van der Waals surface area contributed by atoms with Crippen LogP contribution in [0, 0.1) is 0 Å². The molecule has 0 fully saturated rings. The molecule has 1 N–H and O–H groups in total. The molecule has 0 saturated carbocycles. The Hall–Kier alpha value is -0.430. The van der Waals surface area contributed by atoms with Gasteiger partial charge in [-0.15, -0.1) is 0 Å². The molecule has 0 saturated heterocycles. The first-order chi connectivity index (χ1) is 3.84. The van der Waals surface area contributed by atoms with E-state index in [2.05, 4.69) is 11.9 Å². The fourth-order valence-corrected chi connectivity index (χ4v) is 0.899. The topological polar surface area (TPSA) is 15.8 Å². The second-order valence-electron chi connectivity index (χ2n) is 1.68. The molecular formula is C6H8ClN. The molecule has 44 valence electrons. The van der Waals surface area contributed by atoms with Crippen molar-refractivity contribution in [1.82, 2.24) is 4.98 Å². The van der Waals surface area contributed by atoms with Gasteiger partial charge in [0.15, 0.2) is 0 Å². The van der Waals surface area contributed by atoms with E-state index >= 15 is 0 Å². The molecule has 0 spiro atoms. The number of aromatic amines is 1. The molecule has 1 rings (SSSR count). The molecule has 0 aliphatic carbocycles. The summed E-state index contributed by atoms with van der Waals surface area (Å²) in [6.07, 6.45) is 4.71. The van der Waals surface area contributed by atoms with Crippen molar-refractivity contribution < 1.29 is 0 Å². The standard InChI is InChI=1S/C6H8ClN/c1-2-5-3-8-4-6(5)7/h3-4,8H,2H2,1H3. The van der Waals surface area contributed by atoms with Gasteiger partial charge in [-0.05, 0) is 12.0 Å². The zero-order valence-electron chi connectivity index (χ0n) is 4.74. The Kier molecular flexibility index (Phi) is 1.59. The molecule has 0 aliphatic rings. The van der Waals surface area contributed by atoms with E-state index in [1.807, 2.05) is 6.20 Å². The van der Waals surface area contributed by atoms with Gasteiger partial charge in [-0.3, -0.25) is 0 Å². The number of aryl methyl sites for hydroxylation is 1. The average molecular weight is 130 g/mol. The van der Waals surface area contributed by atoms with Gasteiger partial charge in [0.05, 0.1) is 5.02 Å². The van der Waals surface area contributed by atoms with Crippen LogP contribution in [0.4, 0.5) is 0 Å². The second-order valence-corrected chi connectivity index (χ2v) is 2.09. The van der Waals surface area contributed by atoms with Gasteiger partial charge < -0.3 is 4.98 Å². The Morgan fingerprint density at radius 3 is 2.62 bits per heavy atom. The third-order valence-electron chi connectivity index (χ3n) is 1.16. The summed E-state index contributed by atoms with van der Waals surface area (Å²) in [6, 6.07) is 0. The molecule has 0 atom stereocenters. The Balaban J connectivity index is 2.92. The van der Waals surface area contributed by atoms with Crippen molar-refractivity contribution in [2.75, 3.05) is 0 Å². The highest BCUT2D eigenvalue weighted by Gasteiger charge is 1.94. The number of H-pyrrole nitrogens is 1. The Labute approximate surface area is 53.7 Å². The summed E-state index contributed by atoms with van der Waals surface area (Å²) in [6.45, 7) is 2.08. The lowest BCUT2D eigenvalue weighted by atomic mass is 10.3.